The Morgan fingerprint density at radius 3 is 2.83 bits per heavy atom. The molecule has 0 aliphatic carbocycles. The summed E-state index contributed by atoms with van der Waals surface area (Å²) < 4.78 is 1.40. The van der Waals surface area contributed by atoms with E-state index in [1.165, 1.54) is 10.6 Å². The summed E-state index contributed by atoms with van der Waals surface area (Å²) in [6.07, 6.45) is 5.63. The number of pyridine rings is 2. The Morgan fingerprint density at radius 1 is 1.33 bits per heavy atom. The average molecular weight is 244 g/mol. The summed E-state index contributed by atoms with van der Waals surface area (Å²) in [6.45, 7) is 0.436. The van der Waals surface area contributed by atoms with E-state index in [-0.39, 0.29) is 5.56 Å². The molecule has 0 unspecified atom stereocenters. The van der Waals surface area contributed by atoms with Crippen molar-refractivity contribution in [2.45, 2.75) is 13.0 Å². The van der Waals surface area contributed by atoms with Gasteiger partial charge in [0.2, 0.25) is 0 Å². The van der Waals surface area contributed by atoms with Gasteiger partial charge < -0.3 is 9.67 Å². The zero-order valence-electron chi connectivity index (χ0n) is 9.61. The Hall–Kier alpha value is -2.43. The van der Waals surface area contributed by atoms with Crippen LogP contribution in [0.1, 0.15) is 15.9 Å². The molecule has 0 aliphatic heterocycles. The van der Waals surface area contributed by atoms with E-state index in [0.717, 1.165) is 5.56 Å². The SMILES string of the molecule is O=C(O)c1cccn(CCc2cccnc2)c1=O. The molecule has 2 heterocycles. The van der Waals surface area contributed by atoms with Crippen LogP contribution in [0.15, 0.2) is 47.7 Å². The second-order valence-electron chi connectivity index (χ2n) is 3.84. The zero-order chi connectivity index (χ0) is 13.0. The smallest absolute Gasteiger partial charge is 0.341 e. The first-order valence-electron chi connectivity index (χ1n) is 5.50. The van der Waals surface area contributed by atoms with Gasteiger partial charge in [-0.05, 0) is 30.2 Å². The second kappa shape index (κ2) is 5.27. The molecule has 0 aromatic carbocycles. The van der Waals surface area contributed by atoms with E-state index in [9.17, 15) is 9.59 Å². The van der Waals surface area contributed by atoms with Gasteiger partial charge in [-0.1, -0.05) is 6.07 Å². The van der Waals surface area contributed by atoms with Crippen LogP contribution in [-0.4, -0.2) is 20.6 Å². The number of hydrogen-bond donors (Lipinski definition) is 1. The van der Waals surface area contributed by atoms with Gasteiger partial charge in [-0.3, -0.25) is 9.78 Å². The van der Waals surface area contributed by atoms with Crippen molar-refractivity contribution >= 4 is 5.97 Å². The Kier molecular flexibility index (Phi) is 3.52. The van der Waals surface area contributed by atoms with E-state index in [1.54, 1.807) is 24.7 Å². The molecular weight excluding hydrogens is 232 g/mol. The van der Waals surface area contributed by atoms with E-state index in [2.05, 4.69) is 4.98 Å². The van der Waals surface area contributed by atoms with Crippen LogP contribution in [0.4, 0.5) is 0 Å². The number of rotatable bonds is 4. The van der Waals surface area contributed by atoms with Crippen molar-refractivity contribution in [2.24, 2.45) is 0 Å². The number of carboxylic acids is 1. The Bertz CT molecular complexity index is 605. The summed E-state index contributed by atoms with van der Waals surface area (Å²) in [5.41, 5.74) is 0.322. The summed E-state index contributed by atoms with van der Waals surface area (Å²) in [6, 6.07) is 6.62. The summed E-state index contributed by atoms with van der Waals surface area (Å²) in [5.74, 6) is -1.20. The molecule has 18 heavy (non-hydrogen) atoms. The highest BCUT2D eigenvalue weighted by atomic mass is 16.4. The zero-order valence-corrected chi connectivity index (χ0v) is 9.61. The molecule has 92 valence electrons. The summed E-state index contributed by atoms with van der Waals surface area (Å²) in [7, 11) is 0. The normalized spacial score (nSPS) is 10.2. The van der Waals surface area contributed by atoms with Crippen LogP contribution in [0.5, 0.6) is 0 Å². The predicted molar refractivity (Wildman–Crippen MR) is 65.6 cm³/mol. The first kappa shape index (κ1) is 12.0. The predicted octanol–water partition coefficient (Wildman–Crippen LogP) is 1.18. The van der Waals surface area contributed by atoms with Crippen LogP contribution in [0.2, 0.25) is 0 Å². The van der Waals surface area contributed by atoms with Crippen molar-refractivity contribution in [3.8, 4) is 0 Å². The van der Waals surface area contributed by atoms with Crippen molar-refractivity contribution in [2.75, 3.05) is 0 Å². The summed E-state index contributed by atoms with van der Waals surface area (Å²) in [5, 5.41) is 8.85. The number of aryl methyl sites for hydroxylation is 2. The molecule has 5 heteroatoms. The minimum atomic E-state index is -1.20. The monoisotopic (exact) mass is 244 g/mol. The average Bonchev–Trinajstić information content (AvgIpc) is 2.38. The van der Waals surface area contributed by atoms with Gasteiger partial charge in [0.25, 0.3) is 5.56 Å². The molecule has 2 aromatic heterocycles. The lowest BCUT2D eigenvalue weighted by Crippen LogP contribution is -2.26. The lowest BCUT2D eigenvalue weighted by Gasteiger charge is -2.06. The minimum absolute atomic E-state index is 0.205. The number of hydrogen-bond acceptors (Lipinski definition) is 3. The van der Waals surface area contributed by atoms with Gasteiger partial charge in [0.1, 0.15) is 5.56 Å². The molecule has 2 rings (SSSR count). The third-order valence-electron chi connectivity index (χ3n) is 2.61. The first-order chi connectivity index (χ1) is 8.68. The molecule has 0 saturated carbocycles. The molecule has 0 fully saturated rings. The largest absolute Gasteiger partial charge is 0.477 e. The molecule has 5 nitrogen and oxygen atoms in total. The first-order valence-corrected chi connectivity index (χ1v) is 5.50. The summed E-state index contributed by atoms with van der Waals surface area (Å²) in [4.78, 5) is 26.6. The number of nitrogens with zero attached hydrogens (tertiary/aromatic N) is 2. The maximum absolute atomic E-state index is 11.8. The van der Waals surface area contributed by atoms with Crippen molar-refractivity contribution in [1.82, 2.24) is 9.55 Å². The van der Waals surface area contributed by atoms with E-state index in [4.69, 9.17) is 5.11 Å². The Labute approximate surface area is 103 Å². The fourth-order valence-corrected chi connectivity index (χ4v) is 1.67. The molecular formula is C13H12N2O3. The van der Waals surface area contributed by atoms with E-state index in [1.807, 2.05) is 12.1 Å². The molecule has 0 saturated heterocycles. The number of carboxylic acid groups (broad SMARTS) is 1. The molecule has 2 aromatic rings. The fourth-order valence-electron chi connectivity index (χ4n) is 1.67. The van der Waals surface area contributed by atoms with Gasteiger partial charge in [0, 0.05) is 25.1 Å². The highest BCUT2D eigenvalue weighted by Gasteiger charge is 2.09. The lowest BCUT2D eigenvalue weighted by molar-refractivity contribution is 0.0694. The molecule has 0 spiro atoms. The molecule has 0 bridgehead atoms. The topological polar surface area (TPSA) is 72.2 Å². The Morgan fingerprint density at radius 2 is 2.17 bits per heavy atom. The van der Waals surface area contributed by atoms with Crippen molar-refractivity contribution in [3.63, 3.8) is 0 Å². The quantitative estimate of drug-likeness (QED) is 0.876. The van der Waals surface area contributed by atoms with Crippen LogP contribution in [-0.2, 0) is 13.0 Å². The van der Waals surface area contributed by atoms with Gasteiger partial charge in [0.15, 0.2) is 0 Å². The fraction of sp³-hybridized carbons (Fsp3) is 0.154. The molecule has 1 N–H and O–H groups in total. The van der Waals surface area contributed by atoms with Crippen LogP contribution in [0.25, 0.3) is 0 Å². The Balaban J connectivity index is 2.18. The molecule has 0 amide bonds. The van der Waals surface area contributed by atoms with E-state index < -0.39 is 11.5 Å². The summed E-state index contributed by atoms with van der Waals surface area (Å²) >= 11 is 0. The number of carbonyl (C=O) groups is 1. The molecule has 0 radical (unpaired) electrons. The van der Waals surface area contributed by atoms with E-state index >= 15 is 0 Å². The van der Waals surface area contributed by atoms with Crippen LogP contribution < -0.4 is 5.56 Å². The lowest BCUT2D eigenvalue weighted by atomic mass is 10.2. The van der Waals surface area contributed by atoms with Crippen LogP contribution in [0, 0.1) is 0 Å². The number of aromatic carboxylic acids is 1. The van der Waals surface area contributed by atoms with Gasteiger partial charge in [-0.15, -0.1) is 0 Å². The third kappa shape index (κ3) is 2.63. The van der Waals surface area contributed by atoms with E-state index in [0.29, 0.717) is 13.0 Å². The second-order valence-corrected chi connectivity index (χ2v) is 3.84. The van der Waals surface area contributed by atoms with Gasteiger partial charge in [-0.2, -0.15) is 0 Å². The van der Waals surface area contributed by atoms with Gasteiger partial charge in [-0.25, -0.2) is 4.79 Å². The standard InChI is InChI=1S/C13H12N2O3/c16-12-11(13(17)18)4-2-7-15(12)8-5-10-3-1-6-14-9-10/h1-4,6-7,9H,5,8H2,(H,17,18). The highest BCUT2D eigenvalue weighted by molar-refractivity contribution is 5.86. The maximum atomic E-state index is 11.8. The van der Waals surface area contributed by atoms with Crippen LogP contribution >= 0.6 is 0 Å². The number of aromatic nitrogens is 2. The molecule has 0 aliphatic rings. The van der Waals surface area contributed by atoms with Crippen LogP contribution in [0.3, 0.4) is 0 Å². The maximum Gasteiger partial charge on any atom is 0.341 e. The van der Waals surface area contributed by atoms with Crippen molar-refractivity contribution in [3.05, 3.63) is 64.3 Å². The van der Waals surface area contributed by atoms with Gasteiger partial charge in [0.05, 0.1) is 0 Å². The highest BCUT2D eigenvalue weighted by Crippen LogP contribution is 1.99. The molecule has 0 atom stereocenters. The van der Waals surface area contributed by atoms with Gasteiger partial charge >= 0.3 is 5.97 Å². The minimum Gasteiger partial charge on any atom is -0.477 e. The third-order valence-corrected chi connectivity index (χ3v) is 2.61. The van der Waals surface area contributed by atoms with Crippen molar-refractivity contribution < 1.29 is 9.90 Å². The van der Waals surface area contributed by atoms with Crippen molar-refractivity contribution in [1.29, 1.82) is 0 Å².